The van der Waals surface area contributed by atoms with Crippen molar-refractivity contribution in [2.24, 2.45) is 5.92 Å². The van der Waals surface area contributed by atoms with Gasteiger partial charge in [-0.1, -0.05) is 20.3 Å². The molecule has 1 unspecified atom stereocenters. The Morgan fingerprint density at radius 2 is 2.08 bits per heavy atom. The van der Waals surface area contributed by atoms with Gasteiger partial charge in [0.2, 0.25) is 0 Å². The first-order valence-corrected chi connectivity index (χ1v) is 5.15. The lowest BCUT2D eigenvalue weighted by Crippen LogP contribution is -2.33. The molecule has 1 heterocycles. The maximum Gasteiger partial charge on any atom is 0.0599 e. The molecule has 2 heteroatoms. The van der Waals surface area contributed by atoms with Crippen molar-refractivity contribution in [2.75, 3.05) is 19.7 Å². The molecule has 1 aliphatic rings. The van der Waals surface area contributed by atoms with Gasteiger partial charge in [0.25, 0.3) is 0 Å². The quantitative estimate of drug-likeness (QED) is 0.696. The van der Waals surface area contributed by atoms with E-state index in [9.17, 15) is 0 Å². The Labute approximate surface area is 75.7 Å². The van der Waals surface area contributed by atoms with Crippen molar-refractivity contribution in [1.29, 1.82) is 0 Å². The highest BCUT2D eigenvalue weighted by molar-refractivity contribution is 4.68. The van der Waals surface area contributed by atoms with Crippen molar-refractivity contribution >= 4 is 0 Å². The first-order valence-electron chi connectivity index (χ1n) is 5.15. The van der Waals surface area contributed by atoms with E-state index in [0.29, 0.717) is 6.10 Å². The van der Waals surface area contributed by atoms with Gasteiger partial charge in [0.05, 0.1) is 6.10 Å². The van der Waals surface area contributed by atoms with Crippen LogP contribution in [0.4, 0.5) is 0 Å². The van der Waals surface area contributed by atoms with E-state index in [-0.39, 0.29) is 0 Å². The number of nitrogens with one attached hydrogen (secondary N) is 1. The lowest BCUT2D eigenvalue weighted by Gasteiger charge is -2.24. The summed E-state index contributed by atoms with van der Waals surface area (Å²) >= 11 is 0. The normalized spacial score (nSPS) is 22.5. The Morgan fingerprint density at radius 3 is 2.67 bits per heavy atom. The maximum absolute atomic E-state index is 5.80. The molecule has 1 rings (SSSR count). The minimum atomic E-state index is 0.528. The van der Waals surface area contributed by atoms with E-state index in [2.05, 4.69) is 19.2 Å². The van der Waals surface area contributed by atoms with Crippen LogP contribution >= 0.6 is 0 Å². The van der Waals surface area contributed by atoms with Crippen molar-refractivity contribution in [1.82, 2.24) is 5.32 Å². The minimum Gasteiger partial charge on any atom is -0.378 e. The van der Waals surface area contributed by atoms with Gasteiger partial charge in [0.1, 0.15) is 0 Å². The zero-order valence-corrected chi connectivity index (χ0v) is 8.31. The molecule has 0 saturated carbocycles. The molecule has 1 saturated heterocycles. The molecular weight excluding hydrogens is 150 g/mol. The highest BCUT2D eigenvalue weighted by atomic mass is 16.5. The highest BCUT2D eigenvalue weighted by Crippen LogP contribution is 2.10. The Kier molecular flexibility index (Phi) is 4.62. The van der Waals surface area contributed by atoms with Crippen LogP contribution in [0.15, 0.2) is 0 Å². The monoisotopic (exact) mass is 171 g/mol. The van der Waals surface area contributed by atoms with Crippen LogP contribution in [-0.2, 0) is 4.74 Å². The largest absolute Gasteiger partial charge is 0.378 e. The fourth-order valence-electron chi connectivity index (χ4n) is 1.38. The van der Waals surface area contributed by atoms with Gasteiger partial charge in [-0.2, -0.15) is 0 Å². The third-order valence-electron chi connectivity index (χ3n) is 2.60. The van der Waals surface area contributed by atoms with Crippen molar-refractivity contribution in [3.8, 4) is 0 Å². The van der Waals surface area contributed by atoms with Gasteiger partial charge >= 0.3 is 0 Å². The lowest BCUT2D eigenvalue weighted by atomic mass is 10.1. The zero-order valence-electron chi connectivity index (χ0n) is 8.31. The van der Waals surface area contributed by atoms with Gasteiger partial charge in [0, 0.05) is 6.61 Å². The van der Waals surface area contributed by atoms with E-state index in [0.717, 1.165) is 25.6 Å². The van der Waals surface area contributed by atoms with Gasteiger partial charge in [-0.05, 0) is 31.8 Å². The predicted octanol–water partition coefficient (Wildman–Crippen LogP) is 1.80. The summed E-state index contributed by atoms with van der Waals surface area (Å²) < 4.78 is 5.80. The molecule has 0 aromatic rings. The summed E-state index contributed by atoms with van der Waals surface area (Å²) in [6, 6.07) is 0. The molecule has 1 N–H and O–H groups in total. The fraction of sp³-hybridized carbons (Fsp3) is 1.00. The van der Waals surface area contributed by atoms with Crippen LogP contribution in [0.3, 0.4) is 0 Å². The summed E-state index contributed by atoms with van der Waals surface area (Å²) in [5, 5.41) is 3.34. The highest BCUT2D eigenvalue weighted by Gasteiger charge is 2.13. The van der Waals surface area contributed by atoms with Crippen molar-refractivity contribution in [3.05, 3.63) is 0 Å². The van der Waals surface area contributed by atoms with E-state index < -0.39 is 0 Å². The average molecular weight is 171 g/mol. The molecule has 0 aromatic heterocycles. The van der Waals surface area contributed by atoms with E-state index in [4.69, 9.17) is 4.74 Å². The summed E-state index contributed by atoms with van der Waals surface area (Å²) in [5.74, 6) is 0.722. The van der Waals surface area contributed by atoms with Gasteiger partial charge < -0.3 is 10.1 Å². The van der Waals surface area contributed by atoms with Crippen LogP contribution in [-0.4, -0.2) is 25.8 Å². The van der Waals surface area contributed by atoms with Crippen molar-refractivity contribution in [3.63, 3.8) is 0 Å². The van der Waals surface area contributed by atoms with Gasteiger partial charge in [-0.25, -0.2) is 0 Å². The third-order valence-corrected chi connectivity index (χ3v) is 2.60. The van der Waals surface area contributed by atoms with Crippen LogP contribution < -0.4 is 5.32 Å². The molecule has 1 atom stereocenters. The van der Waals surface area contributed by atoms with Crippen LogP contribution in [0.25, 0.3) is 0 Å². The second-order valence-corrected chi connectivity index (χ2v) is 3.80. The molecular formula is C10H21NO. The average Bonchev–Trinajstić information content (AvgIpc) is 2.16. The zero-order chi connectivity index (χ0) is 8.81. The molecule has 72 valence electrons. The van der Waals surface area contributed by atoms with E-state index in [1.165, 1.54) is 19.3 Å². The SMILES string of the molecule is CCC(C)COC1CCNCC1. The summed E-state index contributed by atoms with van der Waals surface area (Å²) in [7, 11) is 0. The molecule has 0 aromatic carbocycles. The Bertz CT molecular complexity index is 110. The van der Waals surface area contributed by atoms with Crippen LogP contribution in [0.1, 0.15) is 33.1 Å². The summed E-state index contributed by atoms with van der Waals surface area (Å²) in [6.45, 7) is 7.68. The first-order chi connectivity index (χ1) is 5.83. The molecule has 0 spiro atoms. The number of rotatable bonds is 4. The number of hydrogen-bond donors (Lipinski definition) is 1. The minimum absolute atomic E-state index is 0.528. The second-order valence-electron chi connectivity index (χ2n) is 3.80. The number of piperidine rings is 1. The number of hydrogen-bond acceptors (Lipinski definition) is 2. The third kappa shape index (κ3) is 3.55. The predicted molar refractivity (Wildman–Crippen MR) is 51.3 cm³/mol. The van der Waals surface area contributed by atoms with Crippen LogP contribution in [0.5, 0.6) is 0 Å². The van der Waals surface area contributed by atoms with Crippen molar-refractivity contribution < 1.29 is 4.74 Å². The van der Waals surface area contributed by atoms with Crippen LogP contribution in [0.2, 0.25) is 0 Å². The van der Waals surface area contributed by atoms with Crippen LogP contribution in [0, 0.1) is 5.92 Å². The van der Waals surface area contributed by atoms with E-state index in [1.54, 1.807) is 0 Å². The van der Waals surface area contributed by atoms with Gasteiger partial charge in [-0.15, -0.1) is 0 Å². The van der Waals surface area contributed by atoms with E-state index >= 15 is 0 Å². The molecule has 0 bridgehead atoms. The molecule has 1 fully saturated rings. The lowest BCUT2D eigenvalue weighted by molar-refractivity contribution is 0.0143. The van der Waals surface area contributed by atoms with Crippen molar-refractivity contribution in [2.45, 2.75) is 39.2 Å². The molecule has 12 heavy (non-hydrogen) atoms. The summed E-state index contributed by atoms with van der Waals surface area (Å²) in [4.78, 5) is 0. The second kappa shape index (κ2) is 5.55. The smallest absolute Gasteiger partial charge is 0.0599 e. The molecule has 1 aliphatic heterocycles. The Balaban J connectivity index is 2.05. The molecule has 2 nitrogen and oxygen atoms in total. The van der Waals surface area contributed by atoms with Gasteiger partial charge in [-0.3, -0.25) is 0 Å². The topological polar surface area (TPSA) is 21.3 Å². The van der Waals surface area contributed by atoms with Gasteiger partial charge in [0.15, 0.2) is 0 Å². The maximum atomic E-state index is 5.80. The molecule has 0 aliphatic carbocycles. The van der Waals surface area contributed by atoms with E-state index in [1.807, 2.05) is 0 Å². The standard InChI is InChI=1S/C10H21NO/c1-3-9(2)8-12-10-4-6-11-7-5-10/h9-11H,3-8H2,1-2H3. The Hall–Kier alpha value is -0.0800. The number of ether oxygens (including phenoxy) is 1. The molecule has 0 radical (unpaired) electrons. The Morgan fingerprint density at radius 1 is 1.42 bits per heavy atom. The molecule has 0 amide bonds. The first kappa shape index (κ1) is 10.0. The summed E-state index contributed by atoms with van der Waals surface area (Å²) in [6.07, 6.45) is 4.14. The summed E-state index contributed by atoms with van der Waals surface area (Å²) in [5.41, 5.74) is 0. The fourth-order valence-corrected chi connectivity index (χ4v) is 1.38.